The van der Waals surface area contributed by atoms with Gasteiger partial charge in [0.2, 0.25) is 0 Å². The maximum atomic E-state index is 12.2. The van der Waals surface area contributed by atoms with Gasteiger partial charge in [-0.3, -0.25) is 4.39 Å². The normalized spacial score (nSPS) is 39.3. The van der Waals surface area contributed by atoms with Gasteiger partial charge in [0.05, 0.1) is 6.67 Å². The highest BCUT2D eigenvalue weighted by atomic mass is 19.1. The van der Waals surface area contributed by atoms with E-state index in [0.717, 1.165) is 35.5 Å². The second kappa shape index (κ2) is 10.9. The second-order valence-corrected chi connectivity index (χ2v) is 9.83. The number of allylic oxidation sites excluding steroid dienone is 2. The summed E-state index contributed by atoms with van der Waals surface area (Å²) in [4.78, 5) is 0. The minimum absolute atomic E-state index is 0.199. The minimum atomic E-state index is -0.199. The molecule has 0 radical (unpaired) electrons. The van der Waals surface area contributed by atoms with Crippen molar-refractivity contribution in [3.63, 3.8) is 0 Å². The molecule has 0 amide bonds. The Bertz CT molecular complexity index is 390. The van der Waals surface area contributed by atoms with Crippen LogP contribution in [-0.4, -0.2) is 6.67 Å². The quantitative estimate of drug-likeness (QED) is 0.401. The molecule has 0 nitrogen and oxygen atoms in total. The molecule has 3 aliphatic rings. The Hall–Kier alpha value is -0.330. The highest BCUT2D eigenvalue weighted by Gasteiger charge is 2.34. The first-order valence-corrected chi connectivity index (χ1v) is 12.0. The van der Waals surface area contributed by atoms with Crippen LogP contribution in [0.1, 0.15) is 103 Å². The van der Waals surface area contributed by atoms with E-state index in [-0.39, 0.29) is 6.67 Å². The van der Waals surface area contributed by atoms with E-state index in [1.807, 2.05) is 0 Å². The van der Waals surface area contributed by atoms with E-state index in [9.17, 15) is 4.39 Å². The summed E-state index contributed by atoms with van der Waals surface area (Å²) in [6, 6.07) is 0. The molecule has 3 fully saturated rings. The van der Waals surface area contributed by atoms with Crippen LogP contribution in [0.4, 0.5) is 4.39 Å². The van der Waals surface area contributed by atoms with Gasteiger partial charge in [-0.25, -0.2) is 0 Å². The van der Waals surface area contributed by atoms with Gasteiger partial charge in [-0.05, 0) is 106 Å². The van der Waals surface area contributed by atoms with Crippen LogP contribution in [-0.2, 0) is 0 Å². The first kappa shape index (κ1) is 20.4. The van der Waals surface area contributed by atoms with Gasteiger partial charge < -0.3 is 0 Å². The molecule has 0 aliphatic heterocycles. The van der Waals surface area contributed by atoms with Crippen LogP contribution in [0.3, 0.4) is 0 Å². The fourth-order valence-electron chi connectivity index (χ4n) is 6.60. The summed E-state index contributed by atoms with van der Waals surface area (Å²) >= 11 is 0. The van der Waals surface area contributed by atoms with Crippen molar-refractivity contribution in [2.45, 2.75) is 103 Å². The fourth-order valence-corrected chi connectivity index (χ4v) is 6.60. The van der Waals surface area contributed by atoms with Crippen LogP contribution in [0.2, 0.25) is 0 Å². The van der Waals surface area contributed by atoms with Crippen LogP contribution in [0.15, 0.2) is 12.2 Å². The Kier molecular flexibility index (Phi) is 8.53. The first-order chi connectivity index (χ1) is 12.8. The van der Waals surface area contributed by atoms with Gasteiger partial charge in [0.25, 0.3) is 0 Å². The molecule has 3 aliphatic carbocycles. The Morgan fingerprint density at radius 1 is 0.692 bits per heavy atom. The zero-order valence-corrected chi connectivity index (χ0v) is 17.3. The standard InChI is InChI=1S/C25H43F/c1-2-5-20-7-11-22(12-8-20)24-15-17-25(18-16-24)23-13-9-21(10-14-23)6-3-4-19-26/h3,6,20-25H,2,4-5,7-19H2,1H3/b6-3+/t20?,21-,22?,23-,24?,25?. The zero-order valence-electron chi connectivity index (χ0n) is 17.3. The second-order valence-electron chi connectivity index (χ2n) is 9.83. The van der Waals surface area contributed by atoms with Crippen molar-refractivity contribution in [2.75, 3.05) is 6.67 Å². The molecule has 0 aromatic rings. The summed E-state index contributed by atoms with van der Waals surface area (Å²) < 4.78 is 12.2. The average Bonchev–Trinajstić information content (AvgIpc) is 2.70. The molecular weight excluding hydrogens is 319 g/mol. The molecule has 150 valence electrons. The third kappa shape index (κ3) is 5.83. The van der Waals surface area contributed by atoms with Crippen molar-refractivity contribution < 1.29 is 4.39 Å². The molecule has 3 saturated carbocycles. The van der Waals surface area contributed by atoms with Crippen LogP contribution in [0.25, 0.3) is 0 Å². The molecule has 26 heavy (non-hydrogen) atoms. The van der Waals surface area contributed by atoms with Crippen LogP contribution in [0, 0.1) is 35.5 Å². The monoisotopic (exact) mass is 362 g/mol. The van der Waals surface area contributed by atoms with E-state index in [1.54, 1.807) is 0 Å². The van der Waals surface area contributed by atoms with Crippen molar-refractivity contribution in [1.29, 1.82) is 0 Å². The molecule has 1 heteroatoms. The van der Waals surface area contributed by atoms with E-state index >= 15 is 0 Å². The molecular formula is C25H43F. The Morgan fingerprint density at radius 3 is 1.62 bits per heavy atom. The summed E-state index contributed by atoms with van der Waals surface area (Å²) in [5, 5.41) is 0. The molecule has 3 rings (SSSR count). The lowest BCUT2D eigenvalue weighted by Gasteiger charge is -2.41. The molecule has 0 bridgehead atoms. The molecule has 0 atom stereocenters. The van der Waals surface area contributed by atoms with Crippen molar-refractivity contribution >= 4 is 0 Å². The number of rotatable bonds is 7. The largest absolute Gasteiger partial charge is 0.251 e. The maximum Gasteiger partial charge on any atom is 0.0928 e. The summed E-state index contributed by atoms with van der Waals surface area (Å²) in [5.74, 6) is 5.96. The van der Waals surface area contributed by atoms with Crippen molar-refractivity contribution in [2.24, 2.45) is 35.5 Å². The van der Waals surface area contributed by atoms with E-state index < -0.39 is 0 Å². The van der Waals surface area contributed by atoms with E-state index in [2.05, 4.69) is 19.1 Å². The van der Waals surface area contributed by atoms with Crippen LogP contribution >= 0.6 is 0 Å². The van der Waals surface area contributed by atoms with Crippen molar-refractivity contribution in [3.05, 3.63) is 12.2 Å². The van der Waals surface area contributed by atoms with Crippen LogP contribution in [0.5, 0.6) is 0 Å². The predicted octanol–water partition coefficient (Wildman–Crippen LogP) is 8.12. The summed E-state index contributed by atoms with van der Waals surface area (Å²) in [6.45, 7) is 2.15. The van der Waals surface area contributed by atoms with Gasteiger partial charge in [0.15, 0.2) is 0 Å². The minimum Gasteiger partial charge on any atom is -0.251 e. The highest BCUT2D eigenvalue weighted by Crippen LogP contribution is 2.46. The molecule has 0 unspecified atom stereocenters. The first-order valence-electron chi connectivity index (χ1n) is 12.0. The lowest BCUT2D eigenvalue weighted by atomic mass is 9.65. The summed E-state index contributed by atoms with van der Waals surface area (Å²) in [7, 11) is 0. The van der Waals surface area contributed by atoms with E-state index in [0.29, 0.717) is 6.42 Å². The predicted molar refractivity (Wildman–Crippen MR) is 111 cm³/mol. The molecule has 0 N–H and O–H groups in total. The topological polar surface area (TPSA) is 0 Å². The summed E-state index contributed by atoms with van der Waals surface area (Å²) in [5.41, 5.74) is 0. The molecule has 0 aromatic heterocycles. The zero-order chi connectivity index (χ0) is 18.2. The van der Waals surface area contributed by atoms with Gasteiger partial charge in [-0.1, -0.05) is 44.8 Å². The van der Waals surface area contributed by atoms with Crippen molar-refractivity contribution in [3.8, 4) is 0 Å². The third-order valence-corrected chi connectivity index (χ3v) is 8.24. The lowest BCUT2D eigenvalue weighted by Crippen LogP contribution is -2.29. The number of hydrogen-bond acceptors (Lipinski definition) is 0. The van der Waals surface area contributed by atoms with E-state index in [4.69, 9.17) is 0 Å². The highest BCUT2D eigenvalue weighted by molar-refractivity contribution is 4.93. The summed E-state index contributed by atoms with van der Waals surface area (Å²) in [6.07, 6.45) is 25.7. The molecule has 0 heterocycles. The molecule has 0 aromatic carbocycles. The Labute approximate surface area is 162 Å². The van der Waals surface area contributed by atoms with Gasteiger partial charge in [0, 0.05) is 0 Å². The maximum absolute atomic E-state index is 12.2. The molecule has 0 spiro atoms. The molecule has 0 saturated heterocycles. The van der Waals surface area contributed by atoms with Gasteiger partial charge in [-0.15, -0.1) is 0 Å². The van der Waals surface area contributed by atoms with Gasteiger partial charge in [0.1, 0.15) is 0 Å². The SMILES string of the molecule is CCCC1CCC(C2CCC([C@H]3CC[C@H](/C=C/CCF)CC3)CC2)CC1. The third-order valence-electron chi connectivity index (χ3n) is 8.24. The number of alkyl halides is 1. The van der Waals surface area contributed by atoms with E-state index in [1.165, 1.54) is 89.9 Å². The van der Waals surface area contributed by atoms with Gasteiger partial charge in [-0.2, -0.15) is 0 Å². The van der Waals surface area contributed by atoms with Gasteiger partial charge >= 0.3 is 0 Å². The fraction of sp³-hybridized carbons (Fsp3) is 0.920. The Morgan fingerprint density at radius 2 is 1.15 bits per heavy atom. The van der Waals surface area contributed by atoms with Crippen molar-refractivity contribution in [1.82, 2.24) is 0 Å². The number of halogens is 1. The smallest absolute Gasteiger partial charge is 0.0928 e. The number of hydrogen-bond donors (Lipinski definition) is 0. The Balaban J connectivity index is 1.34. The van der Waals surface area contributed by atoms with Crippen LogP contribution < -0.4 is 0 Å². The lowest BCUT2D eigenvalue weighted by molar-refractivity contribution is 0.107. The average molecular weight is 363 g/mol.